The Hall–Kier alpha value is -2.57. The summed E-state index contributed by atoms with van der Waals surface area (Å²) in [7, 11) is 0. The molecule has 7 nitrogen and oxygen atoms in total. The zero-order valence-corrected chi connectivity index (χ0v) is 17.7. The van der Waals surface area contributed by atoms with Crippen molar-refractivity contribution in [3.8, 4) is 0 Å². The molecule has 1 saturated heterocycles. The van der Waals surface area contributed by atoms with Crippen LogP contribution in [-0.2, 0) is 9.53 Å². The monoisotopic (exact) mass is 401 g/mol. The first-order valence-corrected chi connectivity index (χ1v) is 10.3. The molecule has 7 heteroatoms. The molecule has 0 bridgehead atoms. The Morgan fingerprint density at radius 2 is 1.79 bits per heavy atom. The lowest BCUT2D eigenvalue weighted by molar-refractivity contribution is -0.137. The quantitative estimate of drug-likeness (QED) is 0.839. The average molecular weight is 402 g/mol. The van der Waals surface area contributed by atoms with Gasteiger partial charge in [0, 0.05) is 37.2 Å². The van der Waals surface area contributed by atoms with Gasteiger partial charge >= 0.3 is 6.09 Å². The Balaban J connectivity index is 1.60. The highest BCUT2D eigenvalue weighted by Crippen LogP contribution is 2.49. The van der Waals surface area contributed by atoms with Crippen molar-refractivity contribution in [1.82, 2.24) is 9.80 Å². The Morgan fingerprint density at radius 1 is 1.14 bits per heavy atom. The maximum absolute atomic E-state index is 13.1. The van der Waals surface area contributed by atoms with Crippen LogP contribution in [0.4, 0.5) is 4.79 Å². The zero-order chi connectivity index (χ0) is 21.3. The summed E-state index contributed by atoms with van der Waals surface area (Å²) in [6, 6.07) is 7.20. The Bertz CT molecular complexity index is 784. The first kappa shape index (κ1) is 21.1. The van der Waals surface area contributed by atoms with E-state index < -0.39 is 11.5 Å². The van der Waals surface area contributed by atoms with Crippen molar-refractivity contribution in [2.45, 2.75) is 58.1 Å². The second kappa shape index (κ2) is 8.05. The van der Waals surface area contributed by atoms with Crippen LogP contribution in [0.25, 0.3) is 0 Å². The van der Waals surface area contributed by atoms with Gasteiger partial charge in [0.2, 0.25) is 11.8 Å². The average Bonchev–Trinajstić information content (AvgIpc) is 3.46. The molecule has 0 unspecified atom stereocenters. The van der Waals surface area contributed by atoms with Crippen molar-refractivity contribution in [3.63, 3.8) is 0 Å². The minimum Gasteiger partial charge on any atom is -0.444 e. The molecule has 3 amide bonds. The fourth-order valence-corrected chi connectivity index (χ4v) is 3.93. The number of carbonyl (C=O) groups is 3. The third kappa shape index (κ3) is 4.89. The number of rotatable bonds is 4. The van der Waals surface area contributed by atoms with Gasteiger partial charge in [0.15, 0.2) is 0 Å². The van der Waals surface area contributed by atoms with Crippen molar-refractivity contribution < 1.29 is 19.1 Å². The minimum absolute atomic E-state index is 0.00209. The third-order valence-electron chi connectivity index (χ3n) is 5.62. The lowest BCUT2D eigenvalue weighted by Gasteiger charge is -2.41. The van der Waals surface area contributed by atoms with Crippen LogP contribution in [-0.4, -0.2) is 59.0 Å². The molecule has 158 valence electrons. The normalized spacial score (nSPS) is 24.2. The summed E-state index contributed by atoms with van der Waals surface area (Å²) in [6.45, 7) is 9.11. The number of ether oxygens (including phenoxy) is 1. The molecule has 29 heavy (non-hydrogen) atoms. The van der Waals surface area contributed by atoms with Gasteiger partial charge in [-0.2, -0.15) is 0 Å². The van der Waals surface area contributed by atoms with Crippen molar-refractivity contribution in [2.24, 2.45) is 11.7 Å². The highest BCUT2D eigenvalue weighted by atomic mass is 16.6. The van der Waals surface area contributed by atoms with Gasteiger partial charge in [-0.05, 0) is 57.2 Å². The van der Waals surface area contributed by atoms with E-state index in [9.17, 15) is 14.4 Å². The molecule has 2 aliphatic rings. The molecule has 1 aliphatic heterocycles. The van der Waals surface area contributed by atoms with Crippen molar-refractivity contribution in [1.29, 1.82) is 0 Å². The Morgan fingerprint density at radius 3 is 2.34 bits per heavy atom. The van der Waals surface area contributed by atoms with E-state index in [1.165, 1.54) is 0 Å². The second-order valence-corrected chi connectivity index (χ2v) is 8.96. The first-order valence-electron chi connectivity index (χ1n) is 10.3. The number of hydrogen-bond donors (Lipinski definition) is 1. The summed E-state index contributed by atoms with van der Waals surface area (Å²) < 4.78 is 5.48. The van der Waals surface area contributed by atoms with Gasteiger partial charge in [0.25, 0.3) is 0 Å². The van der Waals surface area contributed by atoms with Gasteiger partial charge in [-0.3, -0.25) is 9.59 Å². The number of carbonyl (C=O) groups excluding carboxylic acids is 3. The number of piperazine rings is 1. The van der Waals surface area contributed by atoms with Gasteiger partial charge in [-0.25, -0.2) is 4.79 Å². The van der Waals surface area contributed by atoms with E-state index in [0.717, 1.165) is 18.4 Å². The van der Waals surface area contributed by atoms with E-state index in [1.54, 1.807) is 17.0 Å². The van der Waals surface area contributed by atoms with Crippen molar-refractivity contribution >= 4 is 17.9 Å². The lowest BCUT2D eigenvalue weighted by atomic mass is 10.0. The molecule has 1 saturated carbocycles. The van der Waals surface area contributed by atoms with Crippen molar-refractivity contribution in [2.75, 3.05) is 19.6 Å². The number of hydrogen-bond acceptors (Lipinski definition) is 4. The molecule has 1 aromatic carbocycles. The molecule has 1 aromatic rings. The van der Waals surface area contributed by atoms with E-state index in [4.69, 9.17) is 10.5 Å². The van der Waals surface area contributed by atoms with Crippen LogP contribution in [0.15, 0.2) is 24.3 Å². The smallest absolute Gasteiger partial charge is 0.410 e. The van der Waals surface area contributed by atoms with E-state index in [2.05, 4.69) is 0 Å². The highest BCUT2D eigenvalue weighted by Gasteiger charge is 2.47. The predicted octanol–water partition coefficient (Wildman–Crippen LogP) is 2.75. The van der Waals surface area contributed by atoms with Gasteiger partial charge in [0.1, 0.15) is 5.60 Å². The maximum atomic E-state index is 13.1. The molecule has 0 spiro atoms. The molecule has 2 fully saturated rings. The molecule has 1 heterocycles. The molecule has 0 aromatic heterocycles. The summed E-state index contributed by atoms with van der Waals surface area (Å²) >= 11 is 0. The number of nitrogens with zero attached hydrogens (tertiary/aromatic N) is 2. The van der Waals surface area contributed by atoms with Gasteiger partial charge < -0.3 is 20.3 Å². The Kier molecular flexibility index (Phi) is 5.87. The summed E-state index contributed by atoms with van der Waals surface area (Å²) in [5, 5.41) is 0. The zero-order valence-electron chi connectivity index (χ0n) is 17.7. The van der Waals surface area contributed by atoms with Crippen LogP contribution in [0.5, 0.6) is 0 Å². The number of nitrogens with two attached hydrogens (primary N) is 1. The molecule has 1 aliphatic carbocycles. The summed E-state index contributed by atoms with van der Waals surface area (Å²) in [4.78, 5) is 40.3. The van der Waals surface area contributed by atoms with Crippen LogP contribution < -0.4 is 5.73 Å². The fraction of sp³-hybridized carbons (Fsp3) is 0.591. The summed E-state index contributed by atoms with van der Waals surface area (Å²) in [5.74, 6) is -0.138. The van der Waals surface area contributed by atoms with Crippen LogP contribution in [0, 0.1) is 5.92 Å². The van der Waals surface area contributed by atoms with Crippen LogP contribution in [0.3, 0.4) is 0 Å². The van der Waals surface area contributed by atoms with Gasteiger partial charge in [-0.15, -0.1) is 0 Å². The fourth-order valence-electron chi connectivity index (χ4n) is 3.93. The van der Waals surface area contributed by atoms with Crippen LogP contribution in [0.2, 0.25) is 0 Å². The minimum atomic E-state index is -0.531. The molecule has 3 atom stereocenters. The topological polar surface area (TPSA) is 92.9 Å². The summed E-state index contributed by atoms with van der Waals surface area (Å²) in [5.41, 5.74) is 6.30. The lowest BCUT2D eigenvalue weighted by Crippen LogP contribution is -2.57. The van der Waals surface area contributed by atoms with E-state index in [1.807, 2.05) is 44.7 Å². The predicted molar refractivity (Wildman–Crippen MR) is 109 cm³/mol. The van der Waals surface area contributed by atoms with Gasteiger partial charge in [0.05, 0.1) is 0 Å². The molecule has 3 rings (SSSR count). The van der Waals surface area contributed by atoms with Crippen molar-refractivity contribution in [3.05, 3.63) is 35.4 Å². The van der Waals surface area contributed by atoms with E-state index >= 15 is 0 Å². The first-order chi connectivity index (χ1) is 13.6. The van der Waals surface area contributed by atoms with E-state index in [-0.39, 0.29) is 29.9 Å². The second-order valence-electron chi connectivity index (χ2n) is 8.96. The number of amides is 3. The maximum Gasteiger partial charge on any atom is 0.410 e. The largest absolute Gasteiger partial charge is 0.444 e. The number of benzene rings is 1. The molecular formula is C22H31N3O4. The van der Waals surface area contributed by atoms with Gasteiger partial charge in [-0.1, -0.05) is 19.1 Å². The SMILES string of the molecule is CC[C@H]1CN(C(=O)OC(C)(C)C)CCN1C(=O)[C@@H]1C[C@H]1c1ccc(C(N)=O)cc1. The molecular weight excluding hydrogens is 370 g/mol. The standard InChI is InChI=1S/C22H31N3O4/c1-5-16-13-24(21(28)29-22(2,3)4)10-11-25(16)20(27)18-12-17(18)14-6-8-15(9-7-14)19(23)26/h6-9,16-18H,5,10-13H2,1-4H3,(H2,23,26)/t16-,17-,18+/m0/s1. The Labute approximate surface area is 172 Å². The molecule has 0 radical (unpaired) electrons. The third-order valence-corrected chi connectivity index (χ3v) is 5.62. The number of primary amides is 1. The molecule has 2 N–H and O–H groups in total. The van der Waals surface area contributed by atoms with Crippen LogP contribution in [0.1, 0.15) is 62.4 Å². The van der Waals surface area contributed by atoms with Crippen LogP contribution >= 0.6 is 0 Å². The summed E-state index contributed by atoms with van der Waals surface area (Å²) in [6.07, 6.45) is 1.29. The highest BCUT2D eigenvalue weighted by molar-refractivity contribution is 5.92. The van der Waals surface area contributed by atoms with E-state index in [0.29, 0.717) is 25.2 Å².